The van der Waals surface area contributed by atoms with E-state index in [9.17, 15) is 4.79 Å². The van der Waals surface area contributed by atoms with Gasteiger partial charge < -0.3 is 4.52 Å². The summed E-state index contributed by atoms with van der Waals surface area (Å²) in [5.41, 5.74) is 3.53. The molecule has 118 valence electrons. The lowest BCUT2D eigenvalue weighted by Gasteiger charge is -2.02. The van der Waals surface area contributed by atoms with Crippen molar-refractivity contribution >= 4 is 5.78 Å². The van der Waals surface area contributed by atoms with Crippen molar-refractivity contribution < 1.29 is 9.32 Å². The van der Waals surface area contributed by atoms with Gasteiger partial charge in [-0.05, 0) is 18.6 Å². The van der Waals surface area contributed by atoms with Crippen LogP contribution in [0.5, 0.6) is 0 Å². The Kier molecular flexibility index (Phi) is 4.37. The molecule has 23 heavy (non-hydrogen) atoms. The summed E-state index contributed by atoms with van der Waals surface area (Å²) >= 11 is 0. The Morgan fingerprint density at radius 3 is 2.70 bits per heavy atom. The van der Waals surface area contributed by atoms with Crippen molar-refractivity contribution in [3.8, 4) is 0 Å². The van der Waals surface area contributed by atoms with Crippen molar-refractivity contribution in [2.45, 2.75) is 33.2 Å². The van der Waals surface area contributed by atoms with Gasteiger partial charge in [-0.2, -0.15) is 5.10 Å². The van der Waals surface area contributed by atoms with Crippen molar-refractivity contribution in [1.29, 1.82) is 0 Å². The molecule has 0 bridgehead atoms. The molecule has 0 aliphatic heterocycles. The standard InChI is InChI=1S/C18H19N3O2/c1-3-16-11-17(20-23-16)18(22)10-15-8-9-21(19-15)12-14-6-4-13(2)5-7-14/h4-9,11H,3,10,12H2,1-2H3. The summed E-state index contributed by atoms with van der Waals surface area (Å²) in [4.78, 5) is 12.2. The first-order chi connectivity index (χ1) is 11.1. The number of hydrogen-bond acceptors (Lipinski definition) is 4. The molecule has 1 aromatic carbocycles. The fraction of sp³-hybridized carbons (Fsp3) is 0.278. The second-order valence-electron chi connectivity index (χ2n) is 5.62. The van der Waals surface area contributed by atoms with Gasteiger partial charge in [-0.1, -0.05) is 41.9 Å². The van der Waals surface area contributed by atoms with Crippen LogP contribution in [0.25, 0.3) is 0 Å². The Morgan fingerprint density at radius 2 is 2.00 bits per heavy atom. The Hall–Kier alpha value is -2.69. The smallest absolute Gasteiger partial charge is 0.190 e. The van der Waals surface area contributed by atoms with Gasteiger partial charge in [-0.3, -0.25) is 9.48 Å². The van der Waals surface area contributed by atoms with Gasteiger partial charge in [0.25, 0.3) is 0 Å². The maximum absolute atomic E-state index is 12.2. The second-order valence-corrected chi connectivity index (χ2v) is 5.62. The molecule has 0 fully saturated rings. The molecule has 0 saturated carbocycles. The first-order valence-corrected chi connectivity index (χ1v) is 7.70. The van der Waals surface area contributed by atoms with Crippen LogP contribution in [0.2, 0.25) is 0 Å². The predicted octanol–water partition coefficient (Wildman–Crippen LogP) is 3.22. The molecule has 0 unspecified atom stereocenters. The average molecular weight is 309 g/mol. The lowest BCUT2D eigenvalue weighted by molar-refractivity contribution is 0.0983. The van der Waals surface area contributed by atoms with Crippen LogP contribution in [0.1, 0.15) is 40.0 Å². The van der Waals surface area contributed by atoms with E-state index in [0.717, 1.165) is 17.9 Å². The molecular formula is C18H19N3O2. The molecule has 0 atom stereocenters. The van der Waals surface area contributed by atoms with Crippen LogP contribution in [-0.2, 0) is 19.4 Å². The van der Waals surface area contributed by atoms with E-state index < -0.39 is 0 Å². The van der Waals surface area contributed by atoms with Gasteiger partial charge in [0.15, 0.2) is 5.78 Å². The fourth-order valence-corrected chi connectivity index (χ4v) is 2.33. The normalized spacial score (nSPS) is 10.9. The van der Waals surface area contributed by atoms with Crippen LogP contribution < -0.4 is 0 Å². The molecule has 2 aromatic heterocycles. The third-order valence-electron chi connectivity index (χ3n) is 3.70. The van der Waals surface area contributed by atoms with Gasteiger partial charge in [0.1, 0.15) is 11.5 Å². The maximum atomic E-state index is 12.2. The molecule has 0 spiro atoms. The molecule has 0 aliphatic rings. The molecule has 0 radical (unpaired) electrons. The summed E-state index contributed by atoms with van der Waals surface area (Å²) < 4.78 is 6.91. The highest BCUT2D eigenvalue weighted by atomic mass is 16.5. The van der Waals surface area contributed by atoms with Crippen LogP contribution in [-0.4, -0.2) is 20.7 Å². The van der Waals surface area contributed by atoms with E-state index in [2.05, 4.69) is 41.4 Å². The number of aromatic nitrogens is 3. The van der Waals surface area contributed by atoms with Crippen LogP contribution in [0.15, 0.2) is 47.1 Å². The highest BCUT2D eigenvalue weighted by molar-refractivity contribution is 5.95. The monoisotopic (exact) mass is 309 g/mol. The Balaban J connectivity index is 1.64. The maximum Gasteiger partial charge on any atom is 0.190 e. The number of aryl methyl sites for hydroxylation is 2. The first kappa shape index (κ1) is 15.2. The van der Waals surface area contributed by atoms with E-state index in [1.807, 2.05) is 23.9 Å². The average Bonchev–Trinajstić information content (AvgIpc) is 3.19. The molecular weight excluding hydrogens is 290 g/mol. The van der Waals surface area contributed by atoms with E-state index >= 15 is 0 Å². The summed E-state index contributed by atoms with van der Waals surface area (Å²) in [7, 11) is 0. The van der Waals surface area contributed by atoms with Gasteiger partial charge in [-0.15, -0.1) is 0 Å². The van der Waals surface area contributed by atoms with E-state index in [4.69, 9.17) is 4.52 Å². The molecule has 0 aliphatic carbocycles. The molecule has 5 nitrogen and oxygen atoms in total. The van der Waals surface area contributed by atoms with Crippen molar-refractivity contribution in [1.82, 2.24) is 14.9 Å². The lowest BCUT2D eigenvalue weighted by Crippen LogP contribution is -2.06. The van der Waals surface area contributed by atoms with E-state index in [-0.39, 0.29) is 12.2 Å². The largest absolute Gasteiger partial charge is 0.361 e. The molecule has 5 heteroatoms. The summed E-state index contributed by atoms with van der Waals surface area (Å²) in [6.45, 7) is 4.72. The minimum Gasteiger partial charge on any atom is -0.361 e. The summed E-state index contributed by atoms with van der Waals surface area (Å²) in [5, 5.41) is 8.26. The molecule has 3 aromatic rings. The van der Waals surface area contributed by atoms with Gasteiger partial charge in [0, 0.05) is 18.7 Å². The van der Waals surface area contributed by atoms with E-state index in [1.54, 1.807) is 6.07 Å². The quantitative estimate of drug-likeness (QED) is 0.656. The Morgan fingerprint density at radius 1 is 1.22 bits per heavy atom. The third-order valence-corrected chi connectivity index (χ3v) is 3.70. The third kappa shape index (κ3) is 3.74. The topological polar surface area (TPSA) is 60.9 Å². The number of Topliss-reactive ketones (excluding diaryl/α,β-unsaturated/α-hetero) is 1. The Labute approximate surface area is 134 Å². The van der Waals surface area contributed by atoms with Gasteiger partial charge in [0.2, 0.25) is 0 Å². The van der Waals surface area contributed by atoms with Gasteiger partial charge in [0.05, 0.1) is 18.7 Å². The van der Waals surface area contributed by atoms with Gasteiger partial charge in [-0.25, -0.2) is 0 Å². The number of rotatable bonds is 6. The minimum atomic E-state index is -0.0750. The number of ketones is 1. The van der Waals surface area contributed by atoms with Gasteiger partial charge >= 0.3 is 0 Å². The van der Waals surface area contributed by atoms with Crippen LogP contribution in [0.4, 0.5) is 0 Å². The molecule has 0 saturated heterocycles. The Bertz CT molecular complexity index is 800. The SMILES string of the molecule is CCc1cc(C(=O)Cc2ccn(Cc3ccc(C)cc3)n2)no1. The van der Waals surface area contributed by atoms with E-state index in [0.29, 0.717) is 12.2 Å². The van der Waals surface area contributed by atoms with Crippen LogP contribution in [0.3, 0.4) is 0 Å². The molecule has 0 amide bonds. The number of carbonyl (C=O) groups excluding carboxylic acids is 1. The molecule has 2 heterocycles. The van der Waals surface area contributed by atoms with Crippen molar-refractivity contribution in [3.63, 3.8) is 0 Å². The molecule has 0 N–H and O–H groups in total. The van der Waals surface area contributed by atoms with Crippen LogP contribution >= 0.6 is 0 Å². The minimum absolute atomic E-state index is 0.0750. The van der Waals surface area contributed by atoms with E-state index in [1.165, 1.54) is 11.1 Å². The number of nitrogens with zero attached hydrogens (tertiary/aromatic N) is 3. The highest BCUT2D eigenvalue weighted by Crippen LogP contribution is 2.10. The zero-order valence-electron chi connectivity index (χ0n) is 13.3. The van der Waals surface area contributed by atoms with Crippen LogP contribution in [0, 0.1) is 6.92 Å². The summed E-state index contributed by atoms with van der Waals surface area (Å²) in [6, 6.07) is 11.9. The van der Waals surface area contributed by atoms with Crippen molar-refractivity contribution in [2.24, 2.45) is 0 Å². The van der Waals surface area contributed by atoms with Crippen molar-refractivity contribution in [2.75, 3.05) is 0 Å². The molecule has 3 rings (SSSR count). The van der Waals surface area contributed by atoms with Crippen molar-refractivity contribution in [3.05, 3.63) is 70.9 Å². The first-order valence-electron chi connectivity index (χ1n) is 7.70. The number of benzene rings is 1. The lowest BCUT2D eigenvalue weighted by atomic mass is 10.1. The zero-order valence-corrected chi connectivity index (χ0v) is 13.3. The summed E-state index contributed by atoms with van der Waals surface area (Å²) in [5.74, 6) is 0.646. The second kappa shape index (κ2) is 6.60. The predicted molar refractivity (Wildman–Crippen MR) is 86.4 cm³/mol. The summed E-state index contributed by atoms with van der Waals surface area (Å²) in [6.07, 6.45) is 2.85. The number of carbonyl (C=O) groups is 1. The zero-order chi connectivity index (χ0) is 16.2. The fourth-order valence-electron chi connectivity index (χ4n) is 2.33. The highest BCUT2D eigenvalue weighted by Gasteiger charge is 2.14. The number of hydrogen-bond donors (Lipinski definition) is 0.